The third-order valence-corrected chi connectivity index (χ3v) is 3.29. The van der Waals surface area contributed by atoms with Gasteiger partial charge in [-0.25, -0.2) is 0 Å². The molecule has 0 aromatic heterocycles. The van der Waals surface area contributed by atoms with Crippen LogP contribution in [0.1, 0.15) is 18.4 Å². The maximum absolute atomic E-state index is 11.9. The number of carboxylic acid groups (broad SMARTS) is 1. The Morgan fingerprint density at radius 2 is 1.75 bits per heavy atom. The van der Waals surface area contributed by atoms with E-state index in [-0.39, 0.29) is 31.7 Å². The summed E-state index contributed by atoms with van der Waals surface area (Å²) in [7, 11) is 0. The summed E-state index contributed by atoms with van der Waals surface area (Å²) < 4.78 is 0. The molecule has 136 valence electrons. The van der Waals surface area contributed by atoms with Gasteiger partial charge in [-0.05, 0) is 24.5 Å². The number of carboxylic acids is 1. The van der Waals surface area contributed by atoms with Crippen molar-refractivity contribution in [2.24, 2.45) is 0 Å². The second-order valence-electron chi connectivity index (χ2n) is 5.06. The molecule has 0 aliphatic heterocycles. The van der Waals surface area contributed by atoms with Crippen LogP contribution in [0.4, 0.5) is 5.69 Å². The first kappa shape index (κ1) is 22.3. The lowest BCUT2D eigenvalue weighted by atomic mass is 10.0. The van der Waals surface area contributed by atoms with E-state index in [1.807, 2.05) is 0 Å². The summed E-state index contributed by atoms with van der Waals surface area (Å²) in [5.41, 5.74) is 0.891. The molecule has 0 heterocycles. The number of aryl methyl sites for hydroxylation is 1. The Morgan fingerprint density at radius 1 is 1.12 bits per heavy atom. The van der Waals surface area contributed by atoms with E-state index in [9.17, 15) is 24.9 Å². The van der Waals surface area contributed by atoms with Crippen LogP contribution in [-0.2, 0) is 16.0 Å². The number of halogens is 1. The Morgan fingerprint density at radius 3 is 2.33 bits per heavy atom. The van der Waals surface area contributed by atoms with Gasteiger partial charge >= 0.3 is 5.97 Å². The second-order valence-corrected chi connectivity index (χ2v) is 5.06. The average Bonchev–Trinajstić information content (AvgIpc) is 2.52. The minimum atomic E-state index is -1.89. The maximum atomic E-state index is 11.9. The van der Waals surface area contributed by atoms with E-state index in [0.29, 0.717) is 11.3 Å². The van der Waals surface area contributed by atoms with E-state index in [2.05, 4.69) is 5.32 Å². The molecule has 1 rings (SSSR count). The van der Waals surface area contributed by atoms with Gasteiger partial charge in [-0.2, -0.15) is 0 Å². The van der Waals surface area contributed by atoms with Gasteiger partial charge in [-0.1, -0.05) is 18.2 Å². The van der Waals surface area contributed by atoms with Crippen LogP contribution in [0, 0.1) is 0 Å². The van der Waals surface area contributed by atoms with Crippen LogP contribution >= 0.6 is 12.4 Å². The van der Waals surface area contributed by atoms with Gasteiger partial charge in [0.25, 0.3) is 5.91 Å². The zero-order chi connectivity index (χ0) is 17.4. The van der Waals surface area contributed by atoms with E-state index in [4.69, 9.17) is 10.2 Å². The van der Waals surface area contributed by atoms with Crippen LogP contribution in [0.3, 0.4) is 0 Å². The molecule has 3 unspecified atom stereocenters. The van der Waals surface area contributed by atoms with E-state index < -0.39 is 36.8 Å². The number of hydrogen-bond acceptors (Lipinski definition) is 6. The fourth-order valence-electron chi connectivity index (χ4n) is 1.98. The van der Waals surface area contributed by atoms with Crippen molar-refractivity contribution in [3.8, 4) is 0 Å². The Balaban J connectivity index is 0.00000529. The Hall–Kier alpha value is -1.71. The molecule has 0 aliphatic rings. The molecule has 6 N–H and O–H groups in total. The number of nitrogens with one attached hydrogen (secondary N) is 1. The van der Waals surface area contributed by atoms with Crippen LogP contribution in [0.2, 0.25) is 0 Å². The molecule has 0 saturated carbocycles. The van der Waals surface area contributed by atoms with Gasteiger partial charge in [-0.15, -0.1) is 12.4 Å². The topological polar surface area (TPSA) is 147 Å². The molecule has 0 radical (unpaired) electrons. The molecule has 0 fully saturated rings. The summed E-state index contributed by atoms with van der Waals surface area (Å²) >= 11 is 0. The molecule has 8 nitrogen and oxygen atoms in total. The van der Waals surface area contributed by atoms with Crippen LogP contribution in [0.5, 0.6) is 0 Å². The summed E-state index contributed by atoms with van der Waals surface area (Å²) in [6, 6.07) is 6.49. The minimum absolute atomic E-state index is 0. The van der Waals surface area contributed by atoms with Crippen molar-refractivity contribution < 1.29 is 35.1 Å². The number of hydrogen-bond donors (Lipinski definition) is 6. The van der Waals surface area contributed by atoms with Gasteiger partial charge in [-0.3, -0.25) is 9.59 Å². The van der Waals surface area contributed by atoms with Crippen molar-refractivity contribution >= 4 is 30.0 Å². The average molecular weight is 364 g/mol. The molecule has 0 spiro atoms. The van der Waals surface area contributed by atoms with E-state index in [1.165, 1.54) is 0 Å². The van der Waals surface area contributed by atoms with Gasteiger partial charge in [0.2, 0.25) is 0 Å². The monoisotopic (exact) mass is 363 g/mol. The summed E-state index contributed by atoms with van der Waals surface area (Å²) in [6.07, 6.45) is -5.17. The van der Waals surface area contributed by atoms with Gasteiger partial charge in [0.15, 0.2) is 6.10 Å². The number of aliphatic hydroxyl groups excluding tert-OH is 4. The number of carbonyl (C=O) groups is 2. The molecule has 1 aromatic rings. The number of rotatable bonds is 9. The van der Waals surface area contributed by atoms with Crippen LogP contribution < -0.4 is 5.32 Å². The van der Waals surface area contributed by atoms with Crippen molar-refractivity contribution in [2.45, 2.75) is 37.6 Å². The Kier molecular flexibility index (Phi) is 10.2. The molecule has 24 heavy (non-hydrogen) atoms. The standard InChI is InChI=1S/C15H21NO7.ClH/c17-8-7-11(18)13(21)14(22)15(23)16-10-4-2-1-3-9(10)5-6-12(19)20;/h1-4,11,13-14,17-18,21-22H,5-8H2,(H,16,23)(H,19,20);1H. The summed E-state index contributed by atoms with van der Waals surface area (Å²) in [5, 5.41) is 48.7. The van der Waals surface area contributed by atoms with Gasteiger partial charge in [0.05, 0.1) is 6.10 Å². The largest absolute Gasteiger partial charge is 0.481 e. The number of aliphatic carboxylic acids is 1. The second kappa shape index (κ2) is 11.0. The van der Waals surface area contributed by atoms with E-state index >= 15 is 0 Å². The zero-order valence-corrected chi connectivity index (χ0v) is 13.6. The van der Waals surface area contributed by atoms with Crippen molar-refractivity contribution in [3.63, 3.8) is 0 Å². The van der Waals surface area contributed by atoms with Crippen LogP contribution in [0.25, 0.3) is 0 Å². The lowest BCUT2D eigenvalue weighted by Crippen LogP contribution is -2.45. The fourth-order valence-corrected chi connectivity index (χ4v) is 1.98. The van der Waals surface area contributed by atoms with Crippen molar-refractivity contribution in [2.75, 3.05) is 11.9 Å². The fraction of sp³-hybridized carbons (Fsp3) is 0.467. The summed E-state index contributed by atoms with van der Waals surface area (Å²) in [5.74, 6) is -1.91. The highest BCUT2D eigenvalue weighted by molar-refractivity contribution is 5.95. The molecule has 0 aliphatic carbocycles. The highest BCUT2D eigenvalue weighted by Gasteiger charge is 2.30. The highest BCUT2D eigenvalue weighted by Crippen LogP contribution is 2.18. The van der Waals surface area contributed by atoms with Gasteiger partial charge in [0, 0.05) is 18.7 Å². The van der Waals surface area contributed by atoms with Crippen molar-refractivity contribution in [1.29, 1.82) is 0 Å². The number of aliphatic hydroxyl groups is 4. The first-order chi connectivity index (χ1) is 10.9. The predicted octanol–water partition coefficient (Wildman–Crippen LogP) is -0.471. The van der Waals surface area contributed by atoms with Gasteiger partial charge in [0.1, 0.15) is 6.10 Å². The minimum Gasteiger partial charge on any atom is -0.481 e. The van der Waals surface area contributed by atoms with Crippen molar-refractivity contribution in [3.05, 3.63) is 29.8 Å². The third kappa shape index (κ3) is 6.81. The first-order valence-corrected chi connectivity index (χ1v) is 7.12. The lowest BCUT2D eigenvalue weighted by Gasteiger charge is -2.22. The van der Waals surface area contributed by atoms with Gasteiger partial charge < -0.3 is 30.8 Å². The molecule has 3 atom stereocenters. The lowest BCUT2D eigenvalue weighted by molar-refractivity contribution is -0.137. The number of anilines is 1. The number of para-hydroxylation sites is 1. The van der Waals surface area contributed by atoms with E-state index in [1.54, 1.807) is 24.3 Å². The quantitative estimate of drug-likeness (QED) is 0.347. The molecule has 1 aromatic carbocycles. The first-order valence-electron chi connectivity index (χ1n) is 7.12. The van der Waals surface area contributed by atoms with Crippen LogP contribution in [-0.4, -0.2) is 62.3 Å². The normalized spacial score (nSPS) is 14.2. The smallest absolute Gasteiger partial charge is 0.303 e. The molecular formula is C15H22ClNO7. The van der Waals surface area contributed by atoms with Crippen molar-refractivity contribution in [1.82, 2.24) is 0 Å². The molecule has 9 heteroatoms. The molecule has 1 amide bonds. The summed E-state index contributed by atoms with van der Waals surface area (Å²) in [6.45, 7) is -0.398. The Bertz CT molecular complexity index is 540. The number of carbonyl (C=O) groups excluding carboxylic acids is 1. The molecule has 0 saturated heterocycles. The van der Waals surface area contributed by atoms with Crippen LogP contribution in [0.15, 0.2) is 24.3 Å². The molecular weight excluding hydrogens is 342 g/mol. The number of amides is 1. The van der Waals surface area contributed by atoms with E-state index in [0.717, 1.165) is 0 Å². The zero-order valence-electron chi connectivity index (χ0n) is 12.8. The SMILES string of the molecule is Cl.O=C(O)CCc1ccccc1NC(=O)C(O)C(O)C(O)CCO. The Labute approximate surface area is 145 Å². The third-order valence-electron chi connectivity index (χ3n) is 3.29. The summed E-state index contributed by atoms with van der Waals surface area (Å²) in [4.78, 5) is 22.6. The predicted molar refractivity (Wildman–Crippen MR) is 88.0 cm³/mol. The maximum Gasteiger partial charge on any atom is 0.303 e. The highest BCUT2D eigenvalue weighted by atomic mass is 35.5. The molecule has 0 bridgehead atoms. The number of benzene rings is 1.